The molecular weight excluding hydrogens is 70.0 g/mol. The maximum Gasteiger partial charge on any atom is 0.295 e. The maximum atomic E-state index is 7.72. The van der Waals surface area contributed by atoms with Gasteiger partial charge in [-0.25, -0.2) is 0 Å². The molecule has 0 aliphatic heterocycles. The molecule has 5 heavy (non-hydrogen) atoms. The molecule has 0 aromatic rings. The van der Waals surface area contributed by atoms with Gasteiger partial charge < -0.3 is 10.2 Å². The zero-order valence-corrected chi connectivity index (χ0v) is 2.89. The minimum absolute atomic E-state index is 0.745. The molecule has 0 atom stereocenters. The van der Waals surface area contributed by atoms with Crippen molar-refractivity contribution in [2.75, 3.05) is 7.05 Å². The van der Waals surface area contributed by atoms with Crippen molar-refractivity contribution >= 4 is 0 Å². The molecular formula is C2H6NO2. The van der Waals surface area contributed by atoms with E-state index < -0.39 is 6.41 Å². The Hall–Kier alpha value is -0.120. The second-order valence-electron chi connectivity index (χ2n) is 0.574. The molecule has 0 heterocycles. The van der Waals surface area contributed by atoms with Crippen LogP contribution in [0, 0.1) is 6.41 Å². The molecule has 1 radical (unpaired) electrons. The molecule has 3 N–H and O–H groups in total. The molecule has 3 heteroatoms. The number of aliphatic hydroxyl groups excluding tert-OH is 1. The molecule has 0 aliphatic carbocycles. The van der Waals surface area contributed by atoms with Crippen LogP contribution in [-0.4, -0.2) is 17.3 Å². The van der Waals surface area contributed by atoms with E-state index in [1.54, 1.807) is 0 Å². The van der Waals surface area contributed by atoms with E-state index in [1.807, 2.05) is 0 Å². The van der Waals surface area contributed by atoms with Gasteiger partial charge >= 0.3 is 0 Å². The van der Waals surface area contributed by atoms with Crippen molar-refractivity contribution in [3.63, 3.8) is 0 Å². The summed E-state index contributed by atoms with van der Waals surface area (Å²) in [7, 11) is 1.41. The lowest BCUT2D eigenvalue weighted by molar-refractivity contribution is 0.0592. The molecule has 0 saturated carbocycles. The Morgan fingerprint density at radius 1 is 1.60 bits per heavy atom. The van der Waals surface area contributed by atoms with Crippen molar-refractivity contribution in [1.82, 2.24) is 5.32 Å². The SMILES string of the molecule is CN[C](O)O. The van der Waals surface area contributed by atoms with E-state index in [1.165, 1.54) is 7.05 Å². The molecule has 3 nitrogen and oxygen atoms in total. The third kappa shape index (κ3) is 3.88. The van der Waals surface area contributed by atoms with Crippen LogP contribution in [0.5, 0.6) is 0 Å². The van der Waals surface area contributed by atoms with Gasteiger partial charge in [-0.05, 0) is 7.05 Å². The highest BCUT2D eigenvalue weighted by Gasteiger charge is 1.85. The van der Waals surface area contributed by atoms with Crippen LogP contribution in [0.4, 0.5) is 0 Å². The summed E-state index contributed by atoms with van der Waals surface area (Å²) < 4.78 is 0. The minimum atomic E-state index is -0.745. The van der Waals surface area contributed by atoms with E-state index in [2.05, 4.69) is 5.32 Å². The Morgan fingerprint density at radius 2 is 1.80 bits per heavy atom. The number of hydrogen-bond acceptors (Lipinski definition) is 3. The van der Waals surface area contributed by atoms with Crippen LogP contribution in [-0.2, 0) is 0 Å². The smallest absolute Gasteiger partial charge is 0.295 e. The summed E-state index contributed by atoms with van der Waals surface area (Å²) in [5, 5.41) is 17.5. The lowest BCUT2D eigenvalue weighted by atomic mass is 11.1. The molecule has 0 fully saturated rings. The van der Waals surface area contributed by atoms with E-state index in [9.17, 15) is 0 Å². The number of aliphatic hydroxyl groups is 2. The molecule has 0 bridgehead atoms. The fourth-order valence-electron chi connectivity index (χ4n) is 0. The Kier molecular flexibility index (Phi) is 2.09. The molecule has 0 amide bonds. The molecule has 0 aliphatic rings. The summed E-state index contributed by atoms with van der Waals surface area (Å²) in [6.45, 7) is 0. The maximum absolute atomic E-state index is 7.72. The highest BCUT2D eigenvalue weighted by Crippen LogP contribution is 1.66. The molecule has 0 rings (SSSR count). The zero-order valence-electron chi connectivity index (χ0n) is 2.89. The molecule has 0 aromatic heterocycles. The van der Waals surface area contributed by atoms with Gasteiger partial charge in [0.2, 0.25) is 0 Å². The van der Waals surface area contributed by atoms with Gasteiger partial charge in [0.1, 0.15) is 0 Å². The van der Waals surface area contributed by atoms with Gasteiger partial charge in [-0.15, -0.1) is 0 Å². The Morgan fingerprint density at radius 3 is 1.80 bits per heavy atom. The average Bonchev–Trinajstić information content (AvgIpc) is 1.38. The fourth-order valence-corrected chi connectivity index (χ4v) is 0. The Labute approximate surface area is 30.2 Å². The first-order valence-electron chi connectivity index (χ1n) is 1.20. The van der Waals surface area contributed by atoms with Gasteiger partial charge in [0, 0.05) is 0 Å². The van der Waals surface area contributed by atoms with Gasteiger partial charge in [0.15, 0.2) is 0 Å². The summed E-state index contributed by atoms with van der Waals surface area (Å²) in [4.78, 5) is 0. The summed E-state index contributed by atoms with van der Waals surface area (Å²) in [6.07, 6.45) is -0.745. The summed E-state index contributed by atoms with van der Waals surface area (Å²) in [5.41, 5.74) is 0. The van der Waals surface area contributed by atoms with Crippen molar-refractivity contribution in [3.8, 4) is 0 Å². The normalized spacial score (nSPS) is 9.60. The zero-order chi connectivity index (χ0) is 4.28. The largest absolute Gasteiger partial charge is 0.348 e. The van der Waals surface area contributed by atoms with Gasteiger partial charge in [0.05, 0.1) is 0 Å². The van der Waals surface area contributed by atoms with E-state index in [0.717, 1.165) is 0 Å². The van der Waals surface area contributed by atoms with E-state index in [4.69, 9.17) is 10.2 Å². The van der Waals surface area contributed by atoms with Crippen molar-refractivity contribution in [3.05, 3.63) is 6.41 Å². The highest BCUT2D eigenvalue weighted by molar-refractivity contribution is 4.41. The van der Waals surface area contributed by atoms with Crippen molar-refractivity contribution in [1.29, 1.82) is 0 Å². The number of hydrogen-bond donors (Lipinski definition) is 3. The standard InChI is InChI=1S/C2H6NO2/c1-3-2(4)5/h3-5H,1H3. The first kappa shape index (κ1) is 4.88. The van der Waals surface area contributed by atoms with Crippen LogP contribution in [0.15, 0.2) is 0 Å². The highest BCUT2D eigenvalue weighted by atomic mass is 16.5. The molecule has 0 unspecified atom stereocenters. The van der Waals surface area contributed by atoms with E-state index in [-0.39, 0.29) is 0 Å². The second-order valence-corrected chi connectivity index (χ2v) is 0.574. The minimum Gasteiger partial charge on any atom is -0.348 e. The quantitative estimate of drug-likeness (QED) is 0.391. The van der Waals surface area contributed by atoms with Crippen molar-refractivity contribution < 1.29 is 10.2 Å². The number of rotatable bonds is 1. The fraction of sp³-hybridized carbons (Fsp3) is 0.500. The molecule has 0 aromatic carbocycles. The predicted molar refractivity (Wildman–Crippen MR) is 16.2 cm³/mol. The van der Waals surface area contributed by atoms with Crippen LogP contribution in [0.1, 0.15) is 0 Å². The summed E-state index contributed by atoms with van der Waals surface area (Å²) in [5.74, 6) is 0. The van der Waals surface area contributed by atoms with Gasteiger partial charge in [-0.1, -0.05) is 0 Å². The van der Waals surface area contributed by atoms with Crippen molar-refractivity contribution in [2.24, 2.45) is 0 Å². The summed E-state index contributed by atoms with van der Waals surface area (Å²) >= 11 is 0. The number of nitrogens with one attached hydrogen (secondary N) is 1. The lowest BCUT2D eigenvalue weighted by Gasteiger charge is -1.90. The van der Waals surface area contributed by atoms with E-state index in [0.29, 0.717) is 0 Å². The van der Waals surface area contributed by atoms with Gasteiger partial charge in [0.25, 0.3) is 6.41 Å². The Balaban J connectivity index is 2.54. The topological polar surface area (TPSA) is 52.5 Å². The Bertz CT molecular complexity index is 21.6. The third-order valence-electron chi connectivity index (χ3n) is 0.224. The van der Waals surface area contributed by atoms with Crippen molar-refractivity contribution in [2.45, 2.75) is 0 Å². The third-order valence-corrected chi connectivity index (χ3v) is 0.224. The molecule has 0 spiro atoms. The van der Waals surface area contributed by atoms with Crippen LogP contribution in [0.3, 0.4) is 0 Å². The predicted octanol–water partition coefficient (Wildman–Crippen LogP) is -0.602. The lowest BCUT2D eigenvalue weighted by Crippen LogP contribution is -2.12. The first-order chi connectivity index (χ1) is 2.27. The van der Waals surface area contributed by atoms with Gasteiger partial charge in [-0.3, -0.25) is 5.32 Å². The first-order valence-corrected chi connectivity index (χ1v) is 1.20. The summed E-state index contributed by atoms with van der Waals surface area (Å²) in [6, 6.07) is 0. The monoisotopic (exact) mass is 76.0 g/mol. The second kappa shape index (κ2) is 2.14. The van der Waals surface area contributed by atoms with Crippen LogP contribution < -0.4 is 5.32 Å². The molecule has 0 saturated heterocycles. The van der Waals surface area contributed by atoms with Crippen LogP contribution in [0.25, 0.3) is 0 Å². The van der Waals surface area contributed by atoms with Crippen LogP contribution in [0.2, 0.25) is 0 Å². The van der Waals surface area contributed by atoms with Gasteiger partial charge in [-0.2, -0.15) is 0 Å². The average molecular weight is 76.1 g/mol. The van der Waals surface area contributed by atoms with E-state index >= 15 is 0 Å². The van der Waals surface area contributed by atoms with Crippen LogP contribution >= 0.6 is 0 Å². The molecule has 31 valence electrons.